The molecule has 1 amide bonds. The largest absolute Gasteiger partial charge is 0.479 e. The van der Waals surface area contributed by atoms with Crippen LogP contribution in [0.3, 0.4) is 0 Å². The maximum Gasteiger partial charge on any atom is 0.331 e. The fraction of sp³-hybridized carbons (Fsp3) is 0.211. The normalized spacial score (nSPS) is 11.4. The smallest absolute Gasteiger partial charge is 0.331 e. The Kier molecular flexibility index (Phi) is 4.27. The molecule has 25 heavy (non-hydrogen) atoms. The monoisotopic (exact) mass is 337 g/mol. The lowest BCUT2D eigenvalue weighted by Gasteiger charge is -2.19. The molecule has 128 valence electrons. The Hall–Kier alpha value is -3.15. The first kappa shape index (κ1) is 16.7. The van der Waals surface area contributed by atoms with E-state index in [0.29, 0.717) is 5.69 Å². The maximum absolute atomic E-state index is 12.4. The van der Waals surface area contributed by atoms with E-state index in [1.807, 2.05) is 42.5 Å². The summed E-state index contributed by atoms with van der Waals surface area (Å²) in [5.41, 5.74) is 0.229. The number of aliphatic carboxylic acids is 1. The van der Waals surface area contributed by atoms with Crippen molar-refractivity contribution in [3.63, 3.8) is 0 Å². The second kappa shape index (κ2) is 6.39. The van der Waals surface area contributed by atoms with Crippen molar-refractivity contribution in [3.05, 3.63) is 60.4 Å². The molecule has 0 bridgehead atoms. The molecule has 2 N–H and O–H groups in total. The summed E-state index contributed by atoms with van der Waals surface area (Å²) in [6.45, 7) is 3.09. The summed E-state index contributed by atoms with van der Waals surface area (Å²) in [5.74, 6) is -1.17. The molecule has 0 aliphatic carbocycles. The Morgan fingerprint density at radius 3 is 2.64 bits per heavy atom. The lowest BCUT2D eigenvalue weighted by Crippen LogP contribution is -2.35. The zero-order valence-corrected chi connectivity index (χ0v) is 14.1. The van der Waals surface area contributed by atoms with E-state index in [-0.39, 0.29) is 12.3 Å². The molecule has 1 heterocycles. The van der Waals surface area contributed by atoms with E-state index in [1.54, 1.807) is 13.8 Å². The Bertz CT molecular complexity index is 938. The number of carboxylic acids is 1. The van der Waals surface area contributed by atoms with E-state index < -0.39 is 11.5 Å². The van der Waals surface area contributed by atoms with Gasteiger partial charge in [-0.1, -0.05) is 42.5 Å². The number of carbonyl (C=O) groups is 2. The quantitative estimate of drug-likeness (QED) is 0.749. The highest BCUT2D eigenvalue weighted by molar-refractivity contribution is 5.96. The Morgan fingerprint density at radius 1 is 1.16 bits per heavy atom. The van der Waals surface area contributed by atoms with Gasteiger partial charge in [0.05, 0.1) is 18.3 Å². The SMILES string of the molecule is CC(C)(C(=O)O)n1cc(NC(=O)Cc2cccc3ccccc23)cn1. The number of hydrogen-bond donors (Lipinski definition) is 2. The zero-order chi connectivity index (χ0) is 18.0. The van der Waals surface area contributed by atoms with E-state index in [0.717, 1.165) is 16.3 Å². The van der Waals surface area contributed by atoms with Crippen molar-refractivity contribution >= 4 is 28.3 Å². The van der Waals surface area contributed by atoms with Crippen LogP contribution in [0.2, 0.25) is 0 Å². The van der Waals surface area contributed by atoms with Gasteiger partial charge in [-0.15, -0.1) is 0 Å². The summed E-state index contributed by atoms with van der Waals surface area (Å²) in [6.07, 6.45) is 3.20. The fourth-order valence-corrected chi connectivity index (χ4v) is 2.62. The number of amides is 1. The van der Waals surface area contributed by atoms with Gasteiger partial charge in [-0.05, 0) is 30.2 Å². The van der Waals surface area contributed by atoms with Gasteiger partial charge in [-0.2, -0.15) is 5.10 Å². The average Bonchev–Trinajstić information content (AvgIpc) is 3.04. The molecule has 1 aromatic heterocycles. The summed E-state index contributed by atoms with van der Waals surface area (Å²) in [4.78, 5) is 23.6. The Morgan fingerprint density at radius 2 is 1.88 bits per heavy atom. The third kappa shape index (κ3) is 3.38. The number of fused-ring (bicyclic) bond motifs is 1. The predicted octanol–water partition coefficient (Wildman–Crippen LogP) is 3.04. The molecule has 2 aromatic carbocycles. The van der Waals surface area contributed by atoms with Gasteiger partial charge in [-0.25, -0.2) is 4.79 Å². The first-order valence-corrected chi connectivity index (χ1v) is 7.93. The zero-order valence-electron chi connectivity index (χ0n) is 14.1. The minimum Gasteiger partial charge on any atom is -0.479 e. The number of carboxylic acid groups (broad SMARTS) is 1. The predicted molar refractivity (Wildman–Crippen MR) is 95.5 cm³/mol. The molecule has 0 saturated heterocycles. The van der Waals surface area contributed by atoms with Crippen LogP contribution in [0.25, 0.3) is 10.8 Å². The first-order valence-electron chi connectivity index (χ1n) is 7.93. The lowest BCUT2D eigenvalue weighted by atomic mass is 10.0. The van der Waals surface area contributed by atoms with E-state index in [1.165, 1.54) is 17.1 Å². The first-order chi connectivity index (χ1) is 11.9. The van der Waals surface area contributed by atoms with Gasteiger partial charge in [-0.3, -0.25) is 9.48 Å². The standard InChI is InChI=1S/C19H19N3O3/c1-19(2,18(24)25)22-12-15(11-20-22)21-17(23)10-14-8-5-7-13-6-3-4-9-16(13)14/h3-9,11-12H,10H2,1-2H3,(H,21,23)(H,24,25). The number of nitrogens with zero attached hydrogens (tertiary/aromatic N) is 2. The molecular formula is C19H19N3O3. The number of carbonyl (C=O) groups excluding carboxylic acids is 1. The van der Waals surface area contributed by atoms with Gasteiger partial charge < -0.3 is 10.4 Å². The van der Waals surface area contributed by atoms with Crippen molar-refractivity contribution < 1.29 is 14.7 Å². The molecule has 0 radical (unpaired) electrons. The number of aromatic nitrogens is 2. The van der Waals surface area contributed by atoms with Gasteiger partial charge >= 0.3 is 5.97 Å². The third-order valence-electron chi connectivity index (χ3n) is 4.19. The average molecular weight is 337 g/mol. The van der Waals surface area contributed by atoms with Gasteiger partial charge in [0, 0.05) is 6.20 Å². The van der Waals surface area contributed by atoms with Crippen molar-refractivity contribution in [1.29, 1.82) is 0 Å². The number of nitrogens with one attached hydrogen (secondary N) is 1. The molecule has 0 spiro atoms. The second-order valence-electron chi connectivity index (χ2n) is 6.40. The number of hydrogen-bond acceptors (Lipinski definition) is 3. The van der Waals surface area contributed by atoms with Crippen LogP contribution in [0.1, 0.15) is 19.4 Å². The molecule has 3 rings (SSSR count). The van der Waals surface area contributed by atoms with Crippen LogP contribution in [-0.2, 0) is 21.5 Å². The highest BCUT2D eigenvalue weighted by atomic mass is 16.4. The van der Waals surface area contributed by atoms with E-state index in [4.69, 9.17) is 0 Å². The summed E-state index contributed by atoms with van der Waals surface area (Å²) in [5, 5.41) is 18.2. The van der Waals surface area contributed by atoms with Crippen LogP contribution in [0.4, 0.5) is 5.69 Å². The molecule has 3 aromatic rings. The molecule has 6 heteroatoms. The van der Waals surface area contributed by atoms with Gasteiger partial charge in [0.15, 0.2) is 5.54 Å². The molecule has 0 aliphatic rings. The van der Waals surface area contributed by atoms with E-state index in [2.05, 4.69) is 10.4 Å². The third-order valence-corrected chi connectivity index (χ3v) is 4.19. The lowest BCUT2D eigenvalue weighted by molar-refractivity contribution is -0.146. The highest BCUT2D eigenvalue weighted by Crippen LogP contribution is 2.20. The summed E-state index contributed by atoms with van der Waals surface area (Å²) >= 11 is 0. The highest BCUT2D eigenvalue weighted by Gasteiger charge is 2.30. The number of benzene rings is 2. The minimum atomic E-state index is -1.18. The molecule has 6 nitrogen and oxygen atoms in total. The molecule has 0 fully saturated rings. The summed E-state index contributed by atoms with van der Waals surface area (Å²) in [7, 11) is 0. The maximum atomic E-state index is 12.4. The summed E-state index contributed by atoms with van der Waals surface area (Å²) in [6, 6.07) is 13.8. The Labute approximate surface area is 145 Å². The van der Waals surface area contributed by atoms with Crippen LogP contribution in [0.15, 0.2) is 54.9 Å². The number of anilines is 1. The fourth-order valence-electron chi connectivity index (χ4n) is 2.62. The minimum absolute atomic E-state index is 0.177. The van der Waals surface area contributed by atoms with Gasteiger partial charge in [0.25, 0.3) is 0 Å². The van der Waals surface area contributed by atoms with Crippen molar-refractivity contribution in [2.75, 3.05) is 5.32 Å². The summed E-state index contributed by atoms with van der Waals surface area (Å²) < 4.78 is 1.32. The van der Waals surface area contributed by atoms with Crippen LogP contribution < -0.4 is 5.32 Å². The van der Waals surface area contributed by atoms with Crippen LogP contribution in [0, 0.1) is 0 Å². The van der Waals surface area contributed by atoms with E-state index >= 15 is 0 Å². The molecular weight excluding hydrogens is 318 g/mol. The van der Waals surface area contributed by atoms with Crippen molar-refractivity contribution in [3.8, 4) is 0 Å². The van der Waals surface area contributed by atoms with E-state index in [9.17, 15) is 14.7 Å². The van der Waals surface area contributed by atoms with Crippen molar-refractivity contribution in [2.24, 2.45) is 0 Å². The Balaban J connectivity index is 1.75. The van der Waals surface area contributed by atoms with Gasteiger partial charge in [0.2, 0.25) is 5.91 Å². The molecule has 0 saturated carbocycles. The van der Waals surface area contributed by atoms with Crippen molar-refractivity contribution in [2.45, 2.75) is 25.8 Å². The van der Waals surface area contributed by atoms with Crippen LogP contribution in [-0.4, -0.2) is 26.8 Å². The molecule has 0 unspecified atom stereocenters. The number of rotatable bonds is 5. The topological polar surface area (TPSA) is 84.2 Å². The van der Waals surface area contributed by atoms with Crippen molar-refractivity contribution in [1.82, 2.24) is 9.78 Å². The molecule has 0 aliphatic heterocycles. The molecule has 0 atom stereocenters. The van der Waals surface area contributed by atoms with Gasteiger partial charge in [0.1, 0.15) is 0 Å². The second-order valence-corrected chi connectivity index (χ2v) is 6.40. The van der Waals surface area contributed by atoms with Crippen LogP contribution in [0.5, 0.6) is 0 Å². The van der Waals surface area contributed by atoms with Crippen LogP contribution >= 0.6 is 0 Å².